The third-order valence-corrected chi connectivity index (χ3v) is 3.34. The first-order chi connectivity index (χ1) is 6.67. The maximum atomic E-state index is 13.0. The fraction of sp³-hybridized carbons (Fsp3) is 0.500. The molecular formula is C12H14F2. The van der Waals surface area contributed by atoms with Crippen molar-refractivity contribution in [3.63, 3.8) is 0 Å². The predicted molar refractivity (Wildman–Crippen MR) is 52.7 cm³/mol. The van der Waals surface area contributed by atoms with Crippen molar-refractivity contribution in [2.24, 2.45) is 0 Å². The fourth-order valence-corrected chi connectivity index (χ4v) is 2.29. The quantitative estimate of drug-likeness (QED) is 0.676. The van der Waals surface area contributed by atoms with Crippen LogP contribution in [-0.2, 0) is 5.41 Å². The molecule has 0 aliphatic heterocycles. The maximum absolute atomic E-state index is 13.0. The number of hydrogen-bond acceptors (Lipinski definition) is 0. The molecule has 0 saturated heterocycles. The minimum Gasteiger partial charge on any atom is -0.210 e. The van der Waals surface area contributed by atoms with Gasteiger partial charge in [0.1, 0.15) is 0 Å². The van der Waals surface area contributed by atoms with Gasteiger partial charge >= 0.3 is 0 Å². The molecular weight excluding hydrogens is 182 g/mol. The van der Waals surface area contributed by atoms with E-state index in [1.54, 1.807) is 0 Å². The van der Waals surface area contributed by atoms with Gasteiger partial charge in [0.25, 0.3) is 0 Å². The van der Waals surface area contributed by atoms with Crippen LogP contribution in [0.5, 0.6) is 0 Å². The second-order valence-corrected chi connectivity index (χ2v) is 4.13. The molecule has 0 atom stereocenters. The maximum Gasteiger partial charge on any atom is 0.248 e. The molecule has 0 radical (unpaired) electrons. The van der Waals surface area contributed by atoms with Crippen LogP contribution in [0.2, 0.25) is 0 Å². The topological polar surface area (TPSA) is 0 Å². The van der Waals surface area contributed by atoms with Gasteiger partial charge in [-0.05, 0) is 30.9 Å². The molecule has 0 amide bonds. The molecule has 2 heteroatoms. The van der Waals surface area contributed by atoms with Gasteiger partial charge in [0.2, 0.25) is 6.43 Å². The molecule has 0 nitrogen and oxygen atoms in total. The lowest BCUT2D eigenvalue weighted by Gasteiger charge is -2.42. The van der Waals surface area contributed by atoms with E-state index < -0.39 is 11.8 Å². The first-order valence-corrected chi connectivity index (χ1v) is 5.01. The third kappa shape index (κ3) is 1.24. The van der Waals surface area contributed by atoms with E-state index in [2.05, 4.69) is 0 Å². The van der Waals surface area contributed by atoms with E-state index in [1.807, 2.05) is 31.2 Å². The van der Waals surface area contributed by atoms with E-state index >= 15 is 0 Å². The Bertz CT molecular complexity index is 327. The van der Waals surface area contributed by atoms with Gasteiger partial charge in [-0.25, -0.2) is 8.78 Å². The monoisotopic (exact) mass is 196 g/mol. The molecule has 1 saturated carbocycles. The van der Waals surface area contributed by atoms with Crippen LogP contribution in [0.3, 0.4) is 0 Å². The molecule has 2 rings (SSSR count). The van der Waals surface area contributed by atoms with E-state index in [9.17, 15) is 8.78 Å². The third-order valence-electron chi connectivity index (χ3n) is 3.34. The Kier molecular flexibility index (Phi) is 2.30. The summed E-state index contributed by atoms with van der Waals surface area (Å²) in [6.45, 7) is 1.91. The number of aryl methyl sites for hydroxylation is 1. The van der Waals surface area contributed by atoms with Gasteiger partial charge in [0, 0.05) is 0 Å². The van der Waals surface area contributed by atoms with Gasteiger partial charge < -0.3 is 0 Å². The highest BCUT2D eigenvalue weighted by Gasteiger charge is 2.47. The second kappa shape index (κ2) is 3.34. The largest absolute Gasteiger partial charge is 0.248 e. The minimum atomic E-state index is -2.22. The van der Waals surface area contributed by atoms with E-state index in [0.29, 0.717) is 12.8 Å². The predicted octanol–water partition coefficient (Wildman–Crippen LogP) is 3.68. The standard InChI is InChI=1S/C12H14F2/c1-9-5-2-3-6-10(9)12(11(13)14)7-4-8-12/h2-3,5-6,11H,4,7-8H2,1H3. The Morgan fingerprint density at radius 1 is 1.21 bits per heavy atom. The summed E-state index contributed by atoms with van der Waals surface area (Å²) in [5.74, 6) is 0. The Morgan fingerprint density at radius 3 is 2.29 bits per heavy atom. The summed E-state index contributed by atoms with van der Waals surface area (Å²) in [5, 5.41) is 0. The SMILES string of the molecule is Cc1ccccc1C1(C(F)F)CCC1. The van der Waals surface area contributed by atoms with Crippen LogP contribution in [0.1, 0.15) is 30.4 Å². The Morgan fingerprint density at radius 2 is 1.86 bits per heavy atom. The molecule has 0 unspecified atom stereocenters. The van der Waals surface area contributed by atoms with Crippen molar-refractivity contribution in [2.75, 3.05) is 0 Å². The Labute approximate surface area is 82.9 Å². The summed E-state index contributed by atoms with van der Waals surface area (Å²) in [6, 6.07) is 7.51. The van der Waals surface area contributed by atoms with Gasteiger partial charge in [-0.15, -0.1) is 0 Å². The molecule has 1 fully saturated rings. The lowest BCUT2D eigenvalue weighted by atomic mass is 9.63. The van der Waals surface area contributed by atoms with Crippen LogP contribution < -0.4 is 0 Å². The first-order valence-electron chi connectivity index (χ1n) is 5.01. The zero-order valence-corrected chi connectivity index (χ0v) is 8.26. The summed E-state index contributed by atoms with van der Waals surface area (Å²) in [4.78, 5) is 0. The Balaban J connectivity index is 2.42. The Hall–Kier alpha value is -0.920. The molecule has 0 heterocycles. The normalized spacial score (nSPS) is 19.4. The van der Waals surface area contributed by atoms with Gasteiger partial charge in [-0.3, -0.25) is 0 Å². The summed E-state index contributed by atoms with van der Waals surface area (Å²) in [6.07, 6.45) is -0.0265. The average Bonchev–Trinajstić information content (AvgIpc) is 2.05. The van der Waals surface area contributed by atoms with Gasteiger partial charge in [-0.1, -0.05) is 30.7 Å². The average molecular weight is 196 g/mol. The van der Waals surface area contributed by atoms with Crippen LogP contribution >= 0.6 is 0 Å². The molecule has 1 aromatic carbocycles. The first kappa shape index (κ1) is 9.63. The highest BCUT2D eigenvalue weighted by atomic mass is 19.3. The molecule has 76 valence electrons. The van der Waals surface area contributed by atoms with E-state index in [4.69, 9.17) is 0 Å². The molecule has 0 spiro atoms. The smallest absolute Gasteiger partial charge is 0.210 e. The molecule has 1 aromatic rings. The second-order valence-electron chi connectivity index (χ2n) is 4.13. The number of halogens is 2. The number of rotatable bonds is 2. The van der Waals surface area contributed by atoms with E-state index in [1.165, 1.54) is 0 Å². The summed E-state index contributed by atoms with van der Waals surface area (Å²) in [5.41, 5.74) is 1.01. The van der Waals surface area contributed by atoms with Gasteiger partial charge in [0.15, 0.2) is 0 Å². The highest BCUT2D eigenvalue weighted by Crippen LogP contribution is 2.49. The van der Waals surface area contributed by atoms with Crippen LogP contribution in [0, 0.1) is 6.92 Å². The van der Waals surface area contributed by atoms with Crippen molar-refractivity contribution < 1.29 is 8.78 Å². The lowest BCUT2D eigenvalue weighted by Crippen LogP contribution is -2.41. The molecule has 14 heavy (non-hydrogen) atoms. The van der Waals surface area contributed by atoms with Crippen LogP contribution in [0.4, 0.5) is 8.78 Å². The fourth-order valence-electron chi connectivity index (χ4n) is 2.29. The summed E-state index contributed by atoms with van der Waals surface area (Å²) in [7, 11) is 0. The minimum absolute atomic E-state index is 0.634. The van der Waals surface area contributed by atoms with Crippen LogP contribution in [0.25, 0.3) is 0 Å². The van der Waals surface area contributed by atoms with Crippen molar-refractivity contribution in [2.45, 2.75) is 38.0 Å². The van der Waals surface area contributed by atoms with Gasteiger partial charge in [0.05, 0.1) is 5.41 Å². The molecule has 0 aromatic heterocycles. The van der Waals surface area contributed by atoms with Crippen LogP contribution in [0.15, 0.2) is 24.3 Å². The van der Waals surface area contributed by atoms with Gasteiger partial charge in [-0.2, -0.15) is 0 Å². The molecule has 1 aliphatic rings. The van der Waals surface area contributed by atoms with E-state index in [0.717, 1.165) is 17.5 Å². The number of benzene rings is 1. The molecule has 1 aliphatic carbocycles. The number of hydrogen-bond donors (Lipinski definition) is 0. The molecule has 0 bridgehead atoms. The van der Waals surface area contributed by atoms with Crippen molar-refractivity contribution >= 4 is 0 Å². The zero-order chi connectivity index (χ0) is 10.2. The molecule has 0 N–H and O–H groups in total. The highest BCUT2D eigenvalue weighted by molar-refractivity contribution is 5.36. The number of alkyl halides is 2. The van der Waals surface area contributed by atoms with Crippen molar-refractivity contribution in [1.82, 2.24) is 0 Å². The summed E-state index contributed by atoms with van der Waals surface area (Å²) < 4.78 is 26.0. The zero-order valence-electron chi connectivity index (χ0n) is 8.26. The van der Waals surface area contributed by atoms with Crippen molar-refractivity contribution in [3.8, 4) is 0 Å². The van der Waals surface area contributed by atoms with E-state index in [-0.39, 0.29) is 0 Å². The summed E-state index contributed by atoms with van der Waals surface area (Å²) >= 11 is 0. The lowest BCUT2D eigenvalue weighted by molar-refractivity contribution is 0.000449. The van der Waals surface area contributed by atoms with Crippen molar-refractivity contribution in [1.29, 1.82) is 0 Å². The van der Waals surface area contributed by atoms with Crippen molar-refractivity contribution in [3.05, 3.63) is 35.4 Å². The van der Waals surface area contributed by atoms with Crippen LogP contribution in [-0.4, -0.2) is 6.43 Å².